The number of aliphatic carboxylic acids is 1. The molecule has 0 saturated carbocycles. The standard InChI is InChI=1S/C30H32O20/c31-7-16-20(39)22(41)25(44)30(47-16)50-28-14(35)5-12(33)10-4-15(26(49-27(10)28)9-1-2-11(32)13(34)3-9)46-29-24(43)23(42)21(40)17(48-29)8-45-19(38)6-18(36)37/h1-5,16-17,20-25,29-31,39-44H,6-8H2,(H4-,32,33,34,35,36,37)/p+1/t16-,17-,20-,21-,22+,23+,24-,25-,29-,30+/m1/s1. The molecular formula is C30H33O20+. The summed E-state index contributed by atoms with van der Waals surface area (Å²) in [4.78, 5) is 22.5. The average Bonchev–Trinajstić information content (AvgIpc) is 3.07. The van der Waals surface area contributed by atoms with Gasteiger partial charge in [-0.2, -0.15) is 4.42 Å². The average molecular weight is 714 g/mol. The lowest BCUT2D eigenvalue weighted by Crippen LogP contribution is -2.60. The molecule has 20 heteroatoms. The van der Waals surface area contributed by atoms with Crippen molar-refractivity contribution in [3.63, 3.8) is 0 Å². The van der Waals surface area contributed by atoms with E-state index < -0.39 is 139 Å². The number of carbonyl (C=O) groups excluding carboxylic acids is 1. The van der Waals surface area contributed by atoms with Gasteiger partial charge in [-0.25, -0.2) is 0 Å². The van der Waals surface area contributed by atoms with E-state index in [4.69, 9.17) is 33.2 Å². The molecule has 2 aromatic carbocycles. The fraction of sp³-hybridized carbons (Fsp3) is 0.433. The van der Waals surface area contributed by atoms with Gasteiger partial charge in [0, 0.05) is 18.2 Å². The normalized spacial score (nSPS) is 29.7. The molecule has 2 saturated heterocycles. The molecule has 0 aliphatic carbocycles. The number of esters is 1. The van der Waals surface area contributed by atoms with Gasteiger partial charge in [-0.3, -0.25) is 9.59 Å². The van der Waals surface area contributed by atoms with E-state index in [2.05, 4.69) is 0 Å². The second-order valence-corrected chi connectivity index (χ2v) is 11.3. The Bertz CT molecular complexity index is 1730. The molecule has 3 aromatic rings. The van der Waals surface area contributed by atoms with Gasteiger partial charge >= 0.3 is 23.3 Å². The first-order chi connectivity index (χ1) is 23.6. The molecule has 1 aromatic heterocycles. The summed E-state index contributed by atoms with van der Waals surface area (Å²) in [6, 6.07) is 5.10. The fourth-order valence-corrected chi connectivity index (χ4v) is 5.19. The molecule has 0 radical (unpaired) electrons. The van der Waals surface area contributed by atoms with Crippen molar-refractivity contribution in [2.75, 3.05) is 13.2 Å². The second-order valence-electron chi connectivity index (χ2n) is 11.3. The second kappa shape index (κ2) is 14.6. The number of benzene rings is 2. The molecule has 50 heavy (non-hydrogen) atoms. The van der Waals surface area contributed by atoms with E-state index >= 15 is 0 Å². The number of aliphatic hydroxyl groups is 7. The first kappa shape index (κ1) is 36.5. The molecule has 0 spiro atoms. The molecule has 0 unspecified atom stereocenters. The molecule has 12 N–H and O–H groups in total. The number of aliphatic hydroxyl groups excluding tert-OH is 7. The van der Waals surface area contributed by atoms with Crippen LogP contribution in [0.15, 0.2) is 34.7 Å². The van der Waals surface area contributed by atoms with Crippen molar-refractivity contribution in [1.82, 2.24) is 0 Å². The van der Waals surface area contributed by atoms with Crippen molar-refractivity contribution >= 4 is 22.9 Å². The van der Waals surface area contributed by atoms with Crippen LogP contribution in [-0.2, 0) is 23.8 Å². The Hall–Kier alpha value is -4.77. The zero-order valence-corrected chi connectivity index (χ0v) is 25.4. The highest BCUT2D eigenvalue weighted by Crippen LogP contribution is 2.47. The van der Waals surface area contributed by atoms with Crippen molar-refractivity contribution in [3.05, 3.63) is 30.3 Å². The quantitative estimate of drug-likeness (QED) is 0.0450. The van der Waals surface area contributed by atoms with E-state index in [0.29, 0.717) is 0 Å². The minimum Gasteiger partial charge on any atom is -0.507 e. The van der Waals surface area contributed by atoms with Crippen LogP contribution in [0.4, 0.5) is 0 Å². The molecule has 2 aliphatic heterocycles. The summed E-state index contributed by atoms with van der Waals surface area (Å²) < 4.78 is 33.1. The lowest BCUT2D eigenvalue weighted by atomic mass is 9.99. The third-order valence-corrected chi connectivity index (χ3v) is 7.87. The number of ether oxygens (including phenoxy) is 5. The van der Waals surface area contributed by atoms with Crippen LogP contribution in [0, 0.1) is 0 Å². The van der Waals surface area contributed by atoms with Crippen LogP contribution in [0.1, 0.15) is 6.42 Å². The number of hydrogen-bond donors (Lipinski definition) is 12. The van der Waals surface area contributed by atoms with Gasteiger partial charge in [0.05, 0.1) is 12.2 Å². The van der Waals surface area contributed by atoms with Crippen LogP contribution in [0.3, 0.4) is 0 Å². The molecule has 2 aliphatic rings. The summed E-state index contributed by atoms with van der Waals surface area (Å²) >= 11 is 0. The van der Waals surface area contributed by atoms with Crippen molar-refractivity contribution in [3.8, 4) is 45.8 Å². The van der Waals surface area contributed by atoms with Crippen molar-refractivity contribution in [1.29, 1.82) is 0 Å². The predicted molar refractivity (Wildman–Crippen MR) is 158 cm³/mol. The molecule has 5 rings (SSSR count). The number of phenols is 4. The molecular weight excluding hydrogens is 680 g/mol. The van der Waals surface area contributed by atoms with Gasteiger partial charge in [0.25, 0.3) is 5.75 Å². The monoisotopic (exact) mass is 713 g/mol. The SMILES string of the molecule is O=C(O)CC(=O)OC[C@H]1O[C@@H](Oc2cc3c(O)cc(O)c(O[C@@H]4O[C@H](CO)[C@@H](O)[C@H](O)[C@H]4O)c3[o+]c2-c2ccc(O)c(O)c2)[C@H](O)[C@@H](O)[C@@H]1O. The van der Waals surface area contributed by atoms with Gasteiger partial charge in [0.1, 0.15) is 73.0 Å². The number of phenolic OH excluding ortho intramolecular Hbond substituents is 4. The van der Waals surface area contributed by atoms with E-state index in [1.165, 1.54) is 6.07 Å². The van der Waals surface area contributed by atoms with Crippen LogP contribution in [0.2, 0.25) is 0 Å². The Kier molecular flexibility index (Phi) is 10.7. The zero-order chi connectivity index (χ0) is 36.6. The van der Waals surface area contributed by atoms with Gasteiger partial charge in [0.2, 0.25) is 18.3 Å². The van der Waals surface area contributed by atoms with Crippen molar-refractivity contribution < 1.29 is 99.0 Å². The van der Waals surface area contributed by atoms with Crippen LogP contribution in [-0.4, -0.2) is 148 Å². The summed E-state index contributed by atoms with van der Waals surface area (Å²) in [7, 11) is 0. The maximum absolute atomic E-state index is 11.7. The topological polar surface area (TPSA) is 334 Å². The van der Waals surface area contributed by atoms with Gasteiger partial charge in [-0.05, 0) is 12.1 Å². The predicted octanol–water partition coefficient (Wildman–Crippen LogP) is -2.41. The summed E-state index contributed by atoms with van der Waals surface area (Å²) in [5, 5.41) is 122. The first-order valence-corrected chi connectivity index (χ1v) is 14.7. The van der Waals surface area contributed by atoms with E-state index in [0.717, 1.165) is 24.3 Å². The molecule has 0 bridgehead atoms. The Morgan fingerprint density at radius 3 is 1.96 bits per heavy atom. The van der Waals surface area contributed by atoms with Crippen LogP contribution >= 0.6 is 0 Å². The maximum atomic E-state index is 11.7. The van der Waals surface area contributed by atoms with E-state index in [9.17, 15) is 65.8 Å². The Labute approximate surface area is 279 Å². The molecule has 3 heterocycles. The number of fused-ring (bicyclic) bond motifs is 1. The molecule has 272 valence electrons. The van der Waals surface area contributed by atoms with Gasteiger partial charge in [0.15, 0.2) is 17.2 Å². The van der Waals surface area contributed by atoms with Gasteiger partial charge in [-0.1, -0.05) is 0 Å². The lowest BCUT2D eigenvalue weighted by Gasteiger charge is -2.39. The van der Waals surface area contributed by atoms with E-state index in [-0.39, 0.29) is 10.9 Å². The van der Waals surface area contributed by atoms with Gasteiger partial charge in [-0.15, -0.1) is 0 Å². The van der Waals surface area contributed by atoms with Crippen molar-refractivity contribution in [2.45, 2.75) is 67.8 Å². The van der Waals surface area contributed by atoms with Gasteiger partial charge < -0.3 is 85.0 Å². The first-order valence-electron chi connectivity index (χ1n) is 14.7. The Morgan fingerprint density at radius 2 is 1.34 bits per heavy atom. The minimum atomic E-state index is -1.99. The lowest BCUT2D eigenvalue weighted by molar-refractivity contribution is -0.278. The highest BCUT2D eigenvalue weighted by molar-refractivity contribution is 5.93. The largest absolute Gasteiger partial charge is 0.507 e. The number of carboxylic acid groups (broad SMARTS) is 1. The molecule has 0 amide bonds. The molecule has 2 fully saturated rings. The number of carbonyl (C=O) groups is 2. The highest BCUT2D eigenvalue weighted by atomic mass is 16.7. The Morgan fingerprint density at radius 1 is 0.720 bits per heavy atom. The Balaban J connectivity index is 1.57. The summed E-state index contributed by atoms with van der Waals surface area (Å²) in [5.74, 6) is -6.80. The smallest absolute Gasteiger partial charge is 0.410 e. The molecule has 20 nitrogen and oxygen atoms in total. The number of hydrogen-bond acceptors (Lipinski definition) is 18. The van der Waals surface area contributed by atoms with Crippen LogP contribution < -0.4 is 9.47 Å². The van der Waals surface area contributed by atoms with Crippen LogP contribution in [0.5, 0.6) is 34.5 Å². The third-order valence-electron chi connectivity index (χ3n) is 7.87. The van der Waals surface area contributed by atoms with Crippen LogP contribution in [0.25, 0.3) is 22.3 Å². The van der Waals surface area contributed by atoms with E-state index in [1.807, 2.05) is 0 Å². The minimum absolute atomic E-state index is 0.0659. The summed E-state index contributed by atoms with van der Waals surface area (Å²) in [6.45, 7) is -1.59. The molecule has 10 atom stereocenters. The number of aromatic hydroxyl groups is 4. The fourth-order valence-electron chi connectivity index (χ4n) is 5.19. The third kappa shape index (κ3) is 7.23. The number of rotatable bonds is 10. The van der Waals surface area contributed by atoms with Crippen molar-refractivity contribution in [2.24, 2.45) is 0 Å². The summed E-state index contributed by atoms with van der Waals surface area (Å²) in [6.07, 6.45) is -19.1. The zero-order valence-electron chi connectivity index (χ0n) is 25.4. The maximum Gasteiger partial charge on any atom is 0.410 e. The highest BCUT2D eigenvalue weighted by Gasteiger charge is 2.48. The summed E-state index contributed by atoms with van der Waals surface area (Å²) in [5.41, 5.74) is -0.554. The van der Waals surface area contributed by atoms with E-state index in [1.54, 1.807) is 0 Å². The number of carboxylic acids is 1.